The molecule has 0 aliphatic carbocycles. The van der Waals surface area contributed by atoms with E-state index in [2.05, 4.69) is 5.32 Å². The van der Waals surface area contributed by atoms with Gasteiger partial charge in [-0.15, -0.1) is 0 Å². The number of amides is 4. The van der Waals surface area contributed by atoms with E-state index in [-0.39, 0.29) is 43.8 Å². The van der Waals surface area contributed by atoms with Gasteiger partial charge in [-0.1, -0.05) is 54.7 Å². The van der Waals surface area contributed by atoms with Crippen molar-refractivity contribution in [1.82, 2.24) is 25.1 Å². The number of carbonyl (C=O) groups excluding carboxylic acids is 3. The molecule has 2 aliphatic heterocycles. The Morgan fingerprint density at radius 3 is 2.53 bits per heavy atom. The molecule has 2 aliphatic rings. The van der Waals surface area contributed by atoms with Gasteiger partial charge in [0.2, 0.25) is 11.8 Å². The van der Waals surface area contributed by atoms with Crippen molar-refractivity contribution in [2.24, 2.45) is 0 Å². The highest BCUT2D eigenvalue weighted by Crippen LogP contribution is 2.30. The summed E-state index contributed by atoms with van der Waals surface area (Å²) in [5.41, 5.74) is 1.46. The monoisotopic (exact) mass is 535 g/mol. The van der Waals surface area contributed by atoms with Gasteiger partial charge in [0.1, 0.15) is 18.0 Å². The van der Waals surface area contributed by atoms with Gasteiger partial charge >= 0.3 is 6.03 Å². The third kappa shape index (κ3) is 5.43. The van der Waals surface area contributed by atoms with E-state index in [4.69, 9.17) is 23.2 Å². The summed E-state index contributed by atoms with van der Waals surface area (Å²) in [6, 6.07) is 9.85. The highest BCUT2D eigenvalue weighted by atomic mass is 35.5. The highest BCUT2D eigenvalue weighted by Gasteiger charge is 2.50. The predicted molar refractivity (Wildman–Crippen MR) is 134 cm³/mol. The SMILES string of the molecule is CCC[C@H]1C(=O)N(Cc2ccc(Cl)cc2Cl)C[C@H]2N1C(=O)CN(C)N2C(=O)NCc1ccc(F)cc1. The smallest absolute Gasteiger partial charge is 0.333 e. The van der Waals surface area contributed by atoms with Crippen molar-refractivity contribution in [2.75, 3.05) is 20.1 Å². The van der Waals surface area contributed by atoms with Gasteiger partial charge in [-0.3, -0.25) is 9.59 Å². The summed E-state index contributed by atoms with van der Waals surface area (Å²) < 4.78 is 13.2. The molecule has 4 rings (SSSR count). The van der Waals surface area contributed by atoms with Crippen LogP contribution in [0.4, 0.5) is 9.18 Å². The fourth-order valence-corrected chi connectivity index (χ4v) is 5.18. The molecule has 0 radical (unpaired) electrons. The number of hydrogen-bond donors (Lipinski definition) is 1. The third-order valence-corrected chi connectivity index (χ3v) is 7.03. The molecule has 0 bridgehead atoms. The molecule has 0 spiro atoms. The zero-order valence-corrected chi connectivity index (χ0v) is 21.6. The number of urea groups is 1. The molecule has 36 heavy (non-hydrogen) atoms. The van der Waals surface area contributed by atoms with E-state index in [9.17, 15) is 18.8 Å². The van der Waals surface area contributed by atoms with Gasteiger partial charge in [0.05, 0.1) is 13.1 Å². The molecular weight excluding hydrogens is 508 g/mol. The molecule has 2 heterocycles. The molecule has 2 aromatic carbocycles. The van der Waals surface area contributed by atoms with Crippen LogP contribution in [0.25, 0.3) is 0 Å². The standard InChI is InChI=1S/C25H28Cl2FN5O3/c1-3-4-21-24(35)31(13-17-7-8-18(26)11-20(17)27)14-22-32(21)23(34)15-30(2)33(22)25(36)29-12-16-5-9-19(28)10-6-16/h5-11,21-22H,3-4,12-15H2,1-2H3,(H,29,36)/t21-,22-/m0/s1. The minimum absolute atomic E-state index is 0.0308. The molecule has 1 N–H and O–H groups in total. The summed E-state index contributed by atoms with van der Waals surface area (Å²) in [5, 5.41) is 6.83. The van der Waals surface area contributed by atoms with E-state index in [0.717, 1.165) is 11.1 Å². The lowest BCUT2D eigenvalue weighted by molar-refractivity contribution is -0.188. The number of carbonyl (C=O) groups is 3. The number of rotatable bonds is 6. The number of benzene rings is 2. The second kappa shape index (κ2) is 11.0. The minimum Gasteiger partial charge on any atom is -0.333 e. The predicted octanol–water partition coefficient (Wildman–Crippen LogP) is 3.87. The third-order valence-electron chi connectivity index (χ3n) is 6.44. The summed E-state index contributed by atoms with van der Waals surface area (Å²) in [5.74, 6) is -0.741. The molecule has 2 fully saturated rings. The Morgan fingerprint density at radius 1 is 1.14 bits per heavy atom. The van der Waals surface area contributed by atoms with E-state index in [1.807, 2.05) is 6.92 Å². The number of nitrogens with one attached hydrogen (secondary N) is 1. The van der Waals surface area contributed by atoms with Crippen LogP contribution in [0.15, 0.2) is 42.5 Å². The maximum atomic E-state index is 13.5. The van der Waals surface area contributed by atoms with Gasteiger partial charge in [-0.05, 0) is 41.8 Å². The Hall–Kier alpha value is -2.88. The van der Waals surface area contributed by atoms with E-state index in [1.165, 1.54) is 17.1 Å². The number of fused-ring (bicyclic) bond motifs is 1. The van der Waals surface area contributed by atoms with Crippen molar-refractivity contribution in [2.45, 2.75) is 45.1 Å². The Balaban J connectivity index is 1.60. The zero-order valence-electron chi connectivity index (χ0n) is 20.1. The number of likely N-dealkylation sites (N-methyl/N-ethyl adjacent to an activating group) is 1. The first-order chi connectivity index (χ1) is 17.2. The molecule has 192 valence electrons. The van der Waals surface area contributed by atoms with Crippen LogP contribution in [-0.2, 0) is 22.7 Å². The van der Waals surface area contributed by atoms with Crippen LogP contribution in [0.1, 0.15) is 30.9 Å². The summed E-state index contributed by atoms with van der Waals surface area (Å²) >= 11 is 12.4. The summed E-state index contributed by atoms with van der Waals surface area (Å²) in [6.07, 6.45) is 0.472. The largest absolute Gasteiger partial charge is 0.334 e. The molecule has 8 nitrogen and oxygen atoms in total. The fraction of sp³-hybridized carbons (Fsp3) is 0.400. The maximum absolute atomic E-state index is 13.5. The Bertz CT molecular complexity index is 1150. The molecule has 11 heteroatoms. The van der Waals surface area contributed by atoms with Crippen molar-refractivity contribution in [1.29, 1.82) is 0 Å². The lowest BCUT2D eigenvalue weighted by Crippen LogP contribution is -2.75. The van der Waals surface area contributed by atoms with Gasteiger partial charge in [0.15, 0.2) is 0 Å². The fourth-order valence-electron chi connectivity index (χ4n) is 4.71. The van der Waals surface area contributed by atoms with E-state index >= 15 is 0 Å². The Labute approximate surface area is 219 Å². The summed E-state index contributed by atoms with van der Waals surface area (Å²) in [6.45, 7) is 2.45. The number of piperazine rings is 1. The van der Waals surface area contributed by atoms with Gasteiger partial charge in [0, 0.05) is 30.2 Å². The zero-order chi connectivity index (χ0) is 26.0. The van der Waals surface area contributed by atoms with Crippen LogP contribution in [0.5, 0.6) is 0 Å². The second-order valence-corrected chi connectivity index (χ2v) is 9.83. The lowest BCUT2D eigenvalue weighted by atomic mass is 10.0. The van der Waals surface area contributed by atoms with Crippen molar-refractivity contribution in [3.8, 4) is 0 Å². The van der Waals surface area contributed by atoms with Gasteiger partial charge in [0.25, 0.3) is 0 Å². The Morgan fingerprint density at radius 2 is 1.86 bits per heavy atom. The maximum Gasteiger partial charge on any atom is 0.334 e. The van der Waals surface area contributed by atoms with Crippen LogP contribution in [0, 0.1) is 5.82 Å². The topological polar surface area (TPSA) is 76.2 Å². The van der Waals surface area contributed by atoms with Crippen LogP contribution in [0.3, 0.4) is 0 Å². The minimum atomic E-state index is -0.690. The molecular formula is C25H28Cl2FN5O3. The van der Waals surface area contributed by atoms with Crippen molar-refractivity contribution >= 4 is 41.0 Å². The number of hydrogen-bond acceptors (Lipinski definition) is 4. The lowest BCUT2D eigenvalue weighted by Gasteiger charge is -2.54. The average Bonchev–Trinajstić information content (AvgIpc) is 2.83. The van der Waals surface area contributed by atoms with Crippen molar-refractivity contribution in [3.63, 3.8) is 0 Å². The normalized spacial score (nSPS) is 20.5. The quantitative estimate of drug-likeness (QED) is 0.609. The number of hydrazine groups is 1. The molecule has 4 amide bonds. The van der Waals surface area contributed by atoms with Gasteiger partial charge in [-0.2, -0.15) is 0 Å². The van der Waals surface area contributed by atoms with Crippen LogP contribution < -0.4 is 5.32 Å². The second-order valence-electron chi connectivity index (χ2n) is 8.99. The van der Waals surface area contributed by atoms with E-state index in [1.54, 1.807) is 52.2 Å². The first kappa shape index (κ1) is 26.2. The summed E-state index contributed by atoms with van der Waals surface area (Å²) in [4.78, 5) is 43.1. The number of halogens is 3. The first-order valence-electron chi connectivity index (χ1n) is 11.8. The first-order valence-corrected chi connectivity index (χ1v) is 12.5. The molecule has 0 unspecified atom stereocenters. The van der Waals surface area contributed by atoms with Crippen LogP contribution in [-0.4, -0.2) is 70.0 Å². The van der Waals surface area contributed by atoms with E-state index < -0.39 is 18.2 Å². The van der Waals surface area contributed by atoms with Gasteiger partial charge in [-0.25, -0.2) is 19.2 Å². The molecule has 2 saturated heterocycles. The molecule has 2 aromatic rings. The highest BCUT2D eigenvalue weighted by molar-refractivity contribution is 6.35. The molecule has 0 aromatic heterocycles. The van der Waals surface area contributed by atoms with Crippen LogP contribution >= 0.6 is 23.2 Å². The number of nitrogens with zero attached hydrogens (tertiary/aromatic N) is 4. The Kier molecular flexibility index (Phi) is 8.02. The van der Waals surface area contributed by atoms with Crippen molar-refractivity contribution < 1.29 is 18.8 Å². The average molecular weight is 536 g/mol. The molecule has 2 atom stereocenters. The van der Waals surface area contributed by atoms with E-state index in [0.29, 0.717) is 22.9 Å². The van der Waals surface area contributed by atoms with Crippen LogP contribution in [0.2, 0.25) is 10.0 Å². The van der Waals surface area contributed by atoms with Gasteiger partial charge < -0.3 is 15.1 Å². The van der Waals surface area contributed by atoms with Crippen molar-refractivity contribution in [3.05, 3.63) is 69.5 Å². The summed E-state index contributed by atoms with van der Waals surface area (Å²) in [7, 11) is 1.67. The molecule has 0 saturated carbocycles.